The molecule has 1 aromatic heterocycles. The van der Waals surface area contributed by atoms with Gasteiger partial charge in [0.1, 0.15) is 0 Å². The summed E-state index contributed by atoms with van der Waals surface area (Å²) in [5.41, 5.74) is 2.89. The fraction of sp³-hybridized carbons (Fsp3) is 0.318. The Bertz CT molecular complexity index is 980. The van der Waals surface area contributed by atoms with Crippen LogP contribution in [0.2, 0.25) is 0 Å². The van der Waals surface area contributed by atoms with Crippen molar-refractivity contribution in [1.29, 1.82) is 0 Å². The molecule has 0 bridgehead atoms. The zero-order chi connectivity index (χ0) is 19.2. The molecule has 5 heteroatoms. The number of fused-ring (bicyclic) bond motifs is 1. The third-order valence-electron chi connectivity index (χ3n) is 4.83. The molecule has 1 N–H and O–H groups in total. The van der Waals surface area contributed by atoms with Crippen molar-refractivity contribution >= 4 is 16.8 Å². The van der Waals surface area contributed by atoms with E-state index in [4.69, 9.17) is 0 Å². The normalized spacial score (nSPS) is 12.1. The summed E-state index contributed by atoms with van der Waals surface area (Å²) in [4.78, 5) is 29.0. The summed E-state index contributed by atoms with van der Waals surface area (Å²) in [5, 5.41) is 3.60. The van der Waals surface area contributed by atoms with Gasteiger partial charge in [-0.15, -0.1) is 0 Å². The van der Waals surface area contributed by atoms with Gasteiger partial charge < -0.3 is 5.32 Å². The lowest BCUT2D eigenvalue weighted by Gasteiger charge is -2.13. The molecular weight excluding hydrogens is 338 g/mol. The predicted octanol–water partition coefficient (Wildman–Crippen LogP) is 3.41. The first-order chi connectivity index (χ1) is 13.1. The summed E-state index contributed by atoms with van der Waals surface area (Å²) >= 11 is 0. The Hall–Kier alpha value is -2.95. The van der Waals surface area contributed by atoms with Crippen molar-refractivity contribution in [2.45, 2.75) is 39.2 Å². The van der Waals surface area contributed by atoms with Gasteiger partial charge >= 0.3 is 0 Å². The Morgan fingerprint density at radius 3 is 2.70 bits per heavy atom. The molecule has 0 radical (unpaired) electrons. The number of amides is 1. The largest absolute Gasteiger partial charge is 0.356 e. The highest BCUT2D eigenvalue weighted by atomic mass is 16.1. The number of hydrogen-bond acceptors (Lipinski definition) is 3. The second-order valence-corrected chi connectivity index (χ2v) is 6.93. The average Bonchev–Trinajstić information content (AvgIpc) is 2.69. The minimum Gasteiger partial charge on any atom is -0.356 e. The van der Waals surface area contributed by atoms with E-state index >= 15 is 0 Å². The Kier molecular flexibility index (Phi) is 6.01. The van der Waals surface area contributed by atoms with Crippen molar-refractivity contribution in [2.75, 3.05) is 6.54 Å². The molecule has 1 amide bonds. The van der Waals surface area contributed by atoms with E-state index in [0.717, 1.165) is 11.1 Å². The molecule has 140 valence electrons. The molecule has 1 atom stereocenters. The topological polar surface area (TPSA) is 64.0 Å². The number of carbonyl (C=O) groups is 1. The first-order valence-corrected chi connectivity index (χ1v) is 9.32. The van der Waals surface area contributed by atoms with Crippen LogP contribution in [0.25, 0.3) is 10.9 Å². The van der Waals surface area contributed by atoms with Gasteiger partial charge in [-0.25, -0.2) is 4.98 Å². The van der Waals surface area contributed by atoms with Gasteiger partial charge in [-0.1, -0.05) is 49.4 Å². The van der Waals surface area contributed by atoms with Crippen LogP contribution in [-0.2, 0) is 11.3 Å². The first-order valence-electron chi connectivity index (χ1n) is 9.32. The van der Waals surface area contributed by atoms with Crippen LogP contribution < -0.4 is 10.9 Å². The van der Waals surface area contributed by atoms with E-state index in [0.29, 0.717) is 31.3 Å². The van der Waals surface area contributed by atoms with Crippen LogP contribution in [-0.4, -0.2) is 22.0 Å². The monoisotopic (exact) mass is 363 g/mol. The quantitative estimate of drug-likeness (QED) is 0.700. The summed E-state index contributed by atoms with van der Waals surface area (Å²) in [7, 11) is 0. The van der Waals surface area contributed by atoms with Crippen molar-refractivity contribution in [3.05, 3.63) is 76.3 Å². The Balaban J connectivity index is 1.51. The van der Waals surface area contributed by atoms with Crippen molar-refractivity contribution in [2.24, 2.45) is 0 Å². The maximum absolute atomic E-state index is 12.6. The molecule has 0 spiro atoms. The number of nitrogens with zero attached hydrogens (tertiary/aromatic N) is 2. The number of aromatic nitrogens is 2. The SMILES string of the molecule is Cc1cccc2c(=O)n(CCCC(=O)NC[C@H](C)c3ccccc3)cnc12. The van der Waals surface area contributed by atoms with Crippen LogP contribution in [0.3, 0.4) is 0 Å². The first kappa shape index (κ1) is 18.8. The van der Waals surface area contributed by atoms with Crippen LogP contribution in [0.15, 0.2) is 59.7 Å². The average molecular weight is 363 g/mol. The lowest BCUT2D eigenvalue weighted by atomic mass is 10.0. The van der Waals surface area contributed by atoms with Crippen molar-refractivity contribution in [3.8, 4) is 0 Å². The smallest absolute Gasteiger partial charge is 0.261 e. The second kappa shape index (κ2) is 8.62. The fourth-order valence-electron chi connectivity index (χ4n) is 3.16. The maximum Gasteiger partial charge on any atom is 0.261 e. The number of aryl methyl sites for hydroxylation is 2. The van der Waals surface area contributed by atoms with E-state index in [9.17, 15) is 9.59 Å². The highest BCUT2D eigenvalue weighted by Crippen LogP contribution is 2.13. The molecule has 27 heavy (non-hydrogen) atoms. The van der Waals surface area contributed by atoms with Gasteiger partial charge in [0.25, 0.3) is 5.56 Å². The third-order valence-corrected chi connectivity index (χ3v) is 4.83. The molecular formula is C22H25N3O2. The lowest BCUT2D eigenvalue weighted by Crippen LogP contribution is -2.28. The molecule has 1 heterocycles. The van der Waals surface area contributed by atoms with Gasteiger partial charge in [0.05, 0.1) is 17.2 Å². The van der Waals surface area contributed by atoms with Crippen LogP contribution in [0.5, 0.6) is 0 Å². The van der Waals surface area contributed by atoms with Crippen molar-refractivity contribution in [1.82, 2.24) is 14.9 Å². The molecule has 2 aromatic carbocycles. The van der Waals surface area contributed by atoms with E-state index in [-0.39, 0.29) is 17.4 Å². The highest BCUT2D eigenvalue weighted by Gasteiger charge is 2.09. The number of nitrogens with one attached hydrogen (secondary N) is 1. The van der Waals surface area contributed by atoms with Gasteiger partial charge in [-0.3, -0.25) is 14.2 Å². The molecule has 0 aliphatic heterocycles. The number of hydrogen-bond donors (Lipinski definition) is 1. The Morgan fingerprint density at radius 1 is 1.15 bits per heavy atom. The molecule has 0 aliphatic carbocycles. The molecule has 0 aliphatic rings. The molecule has 5 nitrogen and oxygen atoms in total. The third kappa shape index (κ3) is 4.61. The minimum atomic E-state index is -0.0539. The van der Waals surface area contributed by atoms with E-state index in [1.54, 1.807) is 17.0 Å². The van der Waals surface area contributed by atoms with E-state index in [1.165, 1.54) is 5.56 Å². The van der Waals surface area contributed by atoms with Gasteiger partial charge in [-0.05, 0) is 36.5 Å². The van der Waals surface area contributed by atoms with E-state index in [2.05, 4.69) is 29.4 Å². The summed E-state index contributed by atoms with van der Waals surface area (Å²) in [6.45, 7) is 5.13. The van der Waals surface area contributed by atoms with Crippen molar-refractivity contribution < 1.29 is 4.79 Å². The van der Waals surface area contributed by atoms with Crippen molar-refractivity contribution in [3.63, 3.8) is 0 Å². The van der Waals surface area contributed by atoms with Gasteiger partial charge in [0, 0.05) is 19.5 Å². The van der Waals surface area contributed by atoms with Gasteiger partial charge in [0.15, 0.2) is 0 Å². The van der Waals surface area contributed by atoms with Crippen LogP contribution in [0.4, 0.5) is 0 Å². The number of para-hydroxylation sites is 1. The van der Waals surface area contributed by atoms with Crippen LogP contribution in [0, 0.1) is 6.92 Å². The fourth-order valence-corrected chi connectivity index (χ4v) is 3.16. The van der Waals surface area contributed by atoms with E-state index < -0.39 is 0 Å². The van der Waals surface area contributed by atoms with Gasteiger partial charge in [0.2, 0.25) is 5.91 Å². The number of benzene rings is 2. The molecule has 3 aromatic rings. The highest BCUT2D eigenvalue weighted by molar-refractivity contribution is 5.80. The summed E-state index contributed by atoms with van der Waals surface area (Å²) in [6.07, 6.45) is 2.57. The summed E-state index contributed by atoms with van der Waals surface area (Å²) < 4.78 is 1.58. The zero-order valence-corrected chi connectivity index (χ0v) is 15.8. The Labute approximate surface area is 159 Å². The lowest BCUT2D eigenvalue weighted by molar-refractivity contribution is -0.121. The predicted molar refractivity (Wildman–Crippen MR) is 108 cm³/mol. The second-order valence-electron chi connectivity index (χ2n) is 6.93. The molecule has 0 saturated heterocycles. The molecule has 0 unspecified atom stereocenters. The molecule has 0 saturated carbocycles. The van der Waals surface area contributed by atoms with Gasteiger partial charge in [-0.2, -0.15) is 0 Å². The molecule has 3 rings (SSSR count). The summed E-state index contributed by atoms with van der Waals surface area (Å²) in [5.74, 6) is 0.279. The van der Waals surface area contributed by atoms with Crippen LogP contribution in [0.1, 0.15) is 36.8 Å². The Morgan fingerprint density at radius 2 is 1.93 bits per heavy atom. The van der Waals surface area contributed by atoms with Crippen LogP contribution >= 0.6 is 0 Å². The molecule has 0 fully saturated rings. The zero-order valence-electron chi connectivity index (χ0n) is 15.8. The number of carbonyl (C=O) groups excluding carboxylic acids is 1. The van der Waals surface area contributed by atoms with E-state index in [1.807, 2.05) is 37.3 Å². The minimum absolute atomic E-state index is 0.00965. The number of rotatable bonds is 7. The standard InChI is InChI=1S/C22H25N3O2/c1-16-8-6-11-19-21(16)24-15-25(22(19)27)13-7-12-20(26)23-14-17(2)18-9-4-3-5-10-18/h3-6,8-11,15,17H,7,12-14H2,1-2H3,(H,23,26)/t17-/m0/s1. The maximum atomic E-state index is 12.6. The summed E-state index contributed by atoms with van der Waals surface area (Å²) in [6, 6.07) is 15.7.